The van der Waals surface area contributed by atoms with Gasteiger partial charge >= 0.3 is 0 Å². The molecule has 0 radical (unpaired) electrons. The lowest BCUT2D eigenvalue weighted by Gasteiger charge is -2.41. The van der Waals surface area contributed by atoms with Crippen molar-refractivity contribution in [3.8, 4) is 0 Å². The first-order valence-electron chi connectivity index (χ1n) is 6.68. The Morgan fingerprint density at radius 1 is 1.18 bits per heavy atom. The quantitative estimate of drug-likeness (QED) is 0.790. The Bertz CT molecular complexity index is 243. The average Bonchev–Trinajstić information content (AvgIpc) is 2.38. The molecule has 0 aromatic carbocycles. The maximum atomic E-state index is 8.18. The molecule has 5 heteroatoms. The largest absolute Gasteiger partial charge is 0.318 e. The molecule has 1 saturated heterocycles. The molecule has 1 unspecified atom stereocenters. The van der Waals surface area contributed by atoms with E-state index >= 15 is 0 Å². The van der Waals surface area contributed by atoms with E-state index in [0.29, 0.717) is 0 Å². The molecule has 0 aliphatic carbocycles. The maximum absolute atomic E-state index is 8.18. The second kappa shape index (κ2) is 7.30. The molecule has 0 amide bonds. The van der Waals surface area contributed by atoms with Gasteiger partial charge in [0.15, 0.2) is 0 Å². The van der Waals surface area contributed by atoms with E-state index in [0.717, 1.165) is 31.9 Å². The summed E-state index contributed by atoms with van der Waals surface area (Å²) in [5, 5.41) is 8.18. The van der Waals surface area contributed by atoms with E-state index in [2.05, 4.69) is 42.0 Å². The van der Waals surface area contributed by atoms with Crippen molar-refractivity contribution < 1.29 is 0 Å². The predicted octanol–water partition coefficient (Wildman–Crippen LogP) is 2.97. The first-order chi connectivity index (χ1) is 8.11. The third-order valence-electron chi connectivity index (χ3n) is 3.34. The molecule has 0 aromatic heterocycles. The van der Waals surface area contributed by atoms with Gasteiger partial charge in [0.05, 0.1) is 0 Å². The van der Waals surface area contributed by atoms with Gasteiger partial charge in [-0.3, -0.25) is 14.8 Å². The number of rotatable bonds is 3. The van der Waals surface area contributed by atoms with Gasteiger partial charge in [0, 0.05) is 33.1 Å². The molecule has 4 nitrogen and oxygen atoms in total. The molecule has 100 valence electrons. The van der Waals surface area contributed by atoms with E-state index in [4.69, 9.17) is 5.41 Å². The second-order valence-electron chi connectivity index (χ2n) is 4.57. The highest BCUT2D eigenvalue weighted by molar-refractivity contribution is 7.50. The zero-order chi connectivity index (χ0) is 12.8. The van der Waals surface area contributed by atoms with Crippen LogP contribution in [0.3, 0.4) is 0 Å². The fraction of sp³-hybridized carbons (Fsp3) is 0.917. The SMILES string of the molecule is CCN(CC)P1N(C)CCCCCC(=N)N1C. The van der Waals surface area contributed by atoms with Crippen LogP contribution in [-0.2, 0) is 0 Å². The zero-order valence-corrected chi connectivity index (χ0v) is 12.6. The molecule has 1 atom stereocenters. The Hall–Kier alpha value is -0.180. The van der Waals surface area contributed by atoms with Crippen LogP contribution < -0.4 is 0 Å². The van der Waals surface area contributed by atoms with Crippen LogP contribution in [0.25, 0.3) is 0 Å². The van der Waals surface area contributed by atoms with Crippen molar-refractivity contribution >= 4 is 14.2 Å². The van der Waals surface area contributed by atoms with Gasteiger partial charge in [-0.15, -0.1) is 0 Å². The maximum Gasteiger partial charge on any atom is 0.149 e. The minimum Gasteiger partial charge on any atom is -0.318 e. The molecule has 0 spiro atoms. The fourth-order valence-corrected chi connectivity index (χ4v) is 4.69. The third kappa shape index (κ3) is 3.90. The van der Waals surface area contributed by atoms with Crippen molar-refractivity contribution in [1.29, 1.82) is 5.41 Å². The Labute approximate surface area is 107 Å². The third-order valence-corrected chi connectivity index (χ3v) is 6.00. The number of amidine groups is 1. The number of hydrogen-bond acceptors (Lipinski definition) is 3. The number of nitrogens with zero attached hydrogens (tertiary/aromatic N) is 3. The Balaban J connectivity index is 2.85. The summed E-state index contributed by atoms with van der Waals surface area (Å²) in [5.74, 6) is 0.803. The number of nitrogens with one attached hydrogen (secondary N) is 1. The van der Waals surface area contributed by atoms with E-state index in [1.807, 2.05) is 0 Å². The molecule has 1 N–H and O–H groups in total. The van der Waals surface area contributed by atoms with Crippen molar-refractivity contribution in [2.45, 2.75) is 39.5 Å². The molecule has 0 bridgehead atoms. The molecule has 1 aliphatic heterocycles. The zero-order valence-electron chi connectivity index (χ0n) is 11.7. The molecule has 0 aromatic rings. The van der Waals surface area contributed by atoms with Crippen molar-refractivity contribution in [1.82, 2.24) is 14.0 Å². The first kappa shape index (κ1) is 14.9. The van der Waals surface area contributed by atoms with Gasteiger partial charge in [0.25, 0.3) is 0 Å². The van der Waals surface area contributed by atoms with Crippen LogP contribution in [0.4, 0.5) is 0 Å². The standard InChI is InChI=1S/C12H27N4P/c1-5-16(6-2)17-14(3)11-9-7-8-10-12(13)15(17)4/h13H,5-11H2,1-4H3. The van der Waals surface area contributed by atoms with Crippen LogP contribution in [0.5, 0.6) is 0 Å². The lowest BCUT2D eigenvalue weighted by atomic mass is 10.2. The molecular formula is C12H27N4P. The highest BCUT2D eigenvalue weighted by Gasteiger charge is 2.27. The molecule has 1 heterocycles. The van der Waals surface area contributed by atoms with E-state index < -0.39 is 8.37 Å². The normalized spacial score (nSPS) is 24.6. The lowest BCUT2D eigenvalue weighted by molar-refractivity contribution is 0.408. The molecule has 1 fully saturated rings. The van der Waals surface area contributed by atoms with E-state index in [-0.39, 0.29) is 0 Å². The Morgan fingerprint density at radius 3 is 2.41 bits per heavy atom. The minimum absolute atomic E-state index is 0.482. The van der Waals surface area contributed by atoms with Crippen LogP contribution in [-0.4, -0.2) is 53.6 Å². The van der Waals surface area contributed by atoms with Crippen molar-refractivity contribution in [2.75, 3.05) is 33.7 Å². The van der Waals surface area contributed by atoms with Gasteiger partial charge in [-0.05, 0) is 19.9 Å². The summed E-state index contributed by atoms with van der Waals surface area (Å²) in [6, 6.07) is 0. The van der Waals surface area contributed by atoms with Gasteiger partial charge < -0.3 is 4.67 Å². The monoisotopic (exact) mass is 258 g/mol. The van der Waals surface area contributed by atoms with Crippen molar-refractivity contribution in [3.05, 3.63) is 0 Å². The summed E-state index contributed by atoms with van der Waals surface area (Å²) < 4.78 is 7.13. The van der Waals surface area contributed by atoms with Crippen LogP contribution in [0.15, 0.2) is 0 Å². The summed E-state index contributed by atoms with van der Waals surface area (Å²) in [5.41, 5.74) is 0. The topological polar surface area (TPSA) is 33.6 Å². The summed E-state index contributed by atoms with van der Waals surface area (Å²) in [4.78, 5) is 0. The van der Waals surface area contributed by atoms with Gasteiger partial charge in [0.1, 0.15) is 14.2 Å². The smallest absolute Gasteiger partial charge is 0.149 e. The van der Waals surface area contributed by atoms with Crippen molar-refractivity contribution in [3.63, 3.8) is 0 Å². The van der Waals surface area contributed by atoms with E-state index in [1.165, 1.54) is 19.3 Å². The Morgan fingerprint density at radius 2 is 1.82 bits per heavy atom. The van der Waals surface area contributed by atoms with Crippen LogP contribution in [0, 0.1) is 5.41 Å². The highest BCUT2D eigenvalue weighted by atomic mass is 31.2. The predicted molar refractivity (Wildman–Crippen MR) is 76.4 cm³/mol. The van der Waals surface area contributed by atoms with Gasteiger partial charge in [0.2, 0.25) is 0 Å². The van der Waals surface area contributed by atoms with Gasteiger partial charge in [-0.25, -0.2) is 0 Å². The molecule has 17 heavy (non-hydrogen) atoms. The molecule has 1 rings (SSSR count). The molecular weight excluding hydrogens is 231 g/mol. The van der Waals surface area contributed by atoms with E-state index in [9.17, 15) is 0 Å². The first-order valence-corrected chi connectivity index (χ1v) is 7.88. The Kier molecular flexibility index (Phi) is 6.39. The highest BCUT2D eigenvalue weighted by Crippen LogP contribution is 2.46. The van der Waals surface area contributed by atoms with Gasteiger partial charge in [-0.2, -0.15) is 0 Å². The lowest BCUT2D eigenvalue weighted by Crippen LogP contribution is -2.36. The van der Waals surface area contributed by atoms with E-state index in [1.54, 1.807) is 0 Å². The minimum atomic E-state index is -0.482. The summed E-state index contributed by atoms with van der Waals surface area (Å²) in [6.45, 7) is 7.70. The average molecular weight is 258 g/mol. The summed E-state index contributed by atoms with van der Waals surface area (Å²) in [6.07, 6.45) is 4.61. The fourth-order valence-electron chi connectivity index (χ4n) is 2.28. The second-order valence-corrected chi connectivity index (χ2v) is 6.95. The van der Waals surface area contributed by atoms with Crippen molar-refractivity contribution in [2.24, 2.45) is 0 Å². The number of hydrogen-bond donors (Lipinski definition) is 1. The van der Waals surface area contributed by atoms with Crippen LogP contribution >= 0.6 is 8.37 Å². The van der Waals surface area contributed by atoms with Crippen LogP contribution in [0.1, 0.15) is 39.5 Å². The molecule has 1 aliphatic rings. The van der Waals surface area contributed by atoms with Gasteiger partial charge in [-0.1, -0.05) is 20.3 Å². The summed E-state index contributed by atoms with van der Waals surface area (Å²) >= 11 is 0. The van der Waals surface area contributed by atoms with Crippen LogP contribution in [0.2, 0.25) is 0 Å². The molecule has 0 saturated carbocycles. The summed E-state index contributed by atoms with van der Waals surface area (Å²) in [7, 11) is 3.82.